The fourth-order valence-corrected chi connectivity index (χ4v) is 8.90. The van der Waals surface area contributed by atoms with Crippen molar-refractivity contribution in [2.45, 2.75) is 161 Å². The Morgan fingerprint density at radius 2 is 0.569 bits per heavy atom. The van der Waals surface area contributed by atoms with Crippen LogP contribution >= 0.6 is 37.2 Å². The molecule has 0 aromatic heterocycles. The van der Waals surface area contributed by atoms with Crippen molar-refractivity contribution >= 4 is 37.2 Å². The molecule has 2 aromatic rings. The number of hydrogen-bond donors (Lipinski definition) is 2. The molecule has 0 spiro atoms. The van der Waals surface area contributed by atoms with Gasteiger partial charge in [0.05, 0.1) is 0 Å². The van der Waals surface area contributed by atoms with E-state index in [2.05, 4.69) is 161 Å². The fraction of sp³-hybridized carbons (Fsp3) is 0.714. The zero-order valence-corrected chi connectivity index (χ0v) is 46.8. The number of phenolic OH excluding ortho intramolecular Hbond substituents is 2. The summed E-state index contributed by atoms with van der Waals surface area (Å²) in [5.74, 6) is 11.4. The van der Waals surface area contributed by atoms with Gasteiger partial charge in [-0.05, 0) is 123 Å². The number of phenols is 2. The van der Waals surface area contributed by atoms with Crippen LogP contribution in [0, 0.1) is 74.0 Å². The molecule has 2 saturated carbocycles. The Labute approximate surface area is 394 Å². The van der Waals surface area contributed by atoms with E-state index in [-0.39, 0.29) is 38.5 Å². The average Bonchev–Trinajstić information content (AvgIpc) is 3.39. The van der Waals surface area contributed by atoms with Crippen LogP contribution in [0.5, 0.6) is 11.5 Å². The van der Waals surface area contributed by atoms with E-state index in [1.54, 1.807) is 0 Å². The molecular weight excluding hydrogens is 872 g/mol. The van der Waals surface area contributed by atoms with Crippen molar-refractivity contribution in [3.05, 3.63) is 72.5 Å². The van der Waals surface area contributed by atoms with Crippen LogP contribution in [0.15, 0.2) is 24.3 Å². The van der Waals surface area contributed by atoms with E-state index in [1.165, 1.54) is 11.1 Å². The summed E-state index contributed by atoms with van der Waals surface area (Å²) in [6.07, 6.45) is 0. The summed E-state index contributed by atoms with van der Waals surface area (Å²) in [6.45, 7) is 42.6. The number of benzene rings is 2. The van der Waals surface area contributed by atoms with Crippen molar-refractivity contribution in [2.24, 2.45) is 59.2 Å². The van der Waals surface area contributed by atoms with E-state index < -0.39 is 34.1 Å². The van der Waals surface area contributed by atoms with Crippen LogP contribution in [-0.2, 0) is 47.2 Å². The first kappa shape index (κ1) is 62.9. The van der Waals surface area contributed by atoms with Crippen molar-refractivity contribution in [2.75, 3.05) is 7.05 Å². The average molecular weight is 960 g/mol. The molecule has 2 N–H and O–H groups in total. The first-order valence-corrected chi connectivity index (χ1v) is 29.8. The summed E-state index contributed by atoms with van der Waals surface area (Å²) < 4.78 is 0. The standard InChI is InChI=1S/C27H41NO2.2C10H20.2CH3.4ClH.2Ti/c1-16(2)22-10-20(11-23(17(3)4)26(22)29)14-28(9)15-21-12-24(18(5)6)27(30)25(13-21)19(7)8;2*1-6-7(2)9(4)10(5)8(6)3;;;;;;;;/h10-13,16-19,29-30H,14-15H2,1-9H3;2*6-10H,1-5H3;2*1H3;4*1H;;/q;;;2*-1;;;;;2*+2/p-4. The summed E-state index contributed by atoms with van der Waals surface area (Å²) in [6, 6.07) is 8.60. The normalized spacial score (nSPS) is 25.9. The van der Waals surface area contributed by atoms with Crippen LogP contribution in [0.3, 0.4) is 0 Å². The third-order valence-corrected chi connectivity index (χ3v) is 14.1. The quantitative estimate of drug-likeness (QED) is 0.205. The summed E-state index contributed by atoms with van der Waals surface area (Å²) >= 11 is -1.11. The van der Waals surface area contributed by atoms with Crippen molar-refractivity contribution < 1.29 is 44.3 Å². The van der Waals surface area contributed by atoms with Crippen LogP contribution in [0.1, 0.15) is 182 Å². The second-order valence-electron chi connectivity index (χ2n) is 18.8. The number of aromatic hydroxyl groups is 2. The second-order valence-corrected chi connectivity index (χ2v) is 23.9. The van der Waals surface area contributed by atoms with Gasteiger partial charge >= 0.3 is 71.3 Å². The molecule has 0 atom stereocenters. The number of nitrogens with zero attached hydrogens (tertiary/aromatic N) is 1. The summed E-state index contributed by atoms with van der Waals surface area (Å²) in [4.78, 5) is 2.31. The molecule has 2 aliphatic carbocycles. The Balaban J connectivity index is -0.000000878. The second kappa shape index (κ2) is 30.6. The monoisotopic (exact) mass is 957 g/mol. The molecule has 0 heterocycles. The fourth-order valence-electron chi connectivity index (χ4n) is 8.90. The molecule has 4 rings (SSSR count). The minimum absolute atomic E-state index is 0. The minimum atomic E-state index is -0.556. The summed E-state index contributed by atoms with van der Waals surface area (Å²) in [5, 5.41) is 21.4. The van der Waals surface area contributed by atoms with Gasteiger partial charge in [0.25, 0.3) is 0 Å². The van der Waals surface area contributed by atoms with E-state index in [0.717, 1.165) is 94.5 Å². The predicted molar refractivity (Wildman–Crippen MR) is 256 cm³/mol. The Kier molecular flexibility index (Phi) is 33.2. The number of rotatable bonds is 8. The summed E-state index contributed by atoms with van der Waals surface area (Å²) in [7, 11) is 21.7. The van der Waals surface area contributed by atoms with Crippen LogP contribution in [0.2, 0.25) is 0 Å². The molecule has 3 nitrogen and oxygen atoms in total. The molecule has 0 bridgehead atoms. The Bertz CT molecular complexity index is 1160. The SMILES string of the molecule is CC(C)c1cc(CN(C)Cc2cc(C(C)C)c(O)c(C(C)C)c2)cc(C(C)C)c1O.CC1C(C)C(C)C(C)C1C.CC1C(C)C(C)C(C)C1C.[CH3-].[CH3-].[Cl][Ti][Cl].[Cl][Ti][Cl]. The maximum absolute atomic E-state index is 10.7. The number of hydrogen-bond acceptors (Lipinski definition) is 3. The van der Waals surface area contributed by atoms with E-state index >= 15 is 0 Å². The van der Waals surface area contributed by atoms with Gasteiger partial charge in [0.2, 0.25) is 0 Å². The van der Waals surface area contributed by atoms with Gasteiger partial charge in [-0.3, -0.25) is 4.90 Å². The van der Waals surface area contributed by atoms with E-state index in [4.69, 9.17) is 37.2 Å². The molecule has 0 aliphatic heterocycles. The van der Waals surface area contributed by atoms with E-state index in [0.29, 0.717) is 11.5 Å². The molecule has 2 aromatic carbocycles. The third kappa shape index (κ3) is 18.7. The Hall–Kier alpha value is 0.589. The Morgan fingerprint density at radius 1 is 0.431 bits per heavy atom. The first-order valence-electron chi connectivity index (χ1n) is 21.2. The molecular formula is C49H87Cl4NO2Ti2-2. The van der Waals surface area contributed by atoms with Gasteiger partial charge < -0.3 is 25.1 Å². The van der Waals surface area contributed by atoms with Gasteiger partial charge in [-0.15, -0.1) is 0 Å². The molecule has 0 amide bonds. The molecule has 2 fully saturated rings. The van der Waals surface area contributed by atoms with Crippen LogP contribution < -0.4 is 0 Å². The van der Waals surface area contributed by atoms with Crippen LogP contribution in [0.25, 0.3) is 0 Å². The van der Waals surface area contributed by atoms with Gasteiger partial charge in [0, 0.05) is 13.1 Å². The predicted octanol–water partition coefficient (Wildman–Crippen LogP) is 17.2. The van der Waals surface area contributed by atoms with Crippen LogP contribution in [0.4, 0.5) is 0 Å². The topological polar surface area (TPSA) is 43.7 Å². The zero-order valence-electron chi connectivity index (χ0n) is 40.7. The van der Waals surface area contributed by atoms with Gasteiger partial charge in [0.15, 0.2) is 0 Å². The van der Waals surface area contributed by atoms with E-state index in [1.807, 2.05) is 0 Å². The third-order valence-electron chi connectivity index (χ3n) is 14.1. The molecule has 58 heavy (non-hydrogen) atoms. The molecule has 9 heteroatoms. The maximum atomic E-state index is 10.7. The molecule has 338 valence electrons. The van der Waals surface area contributed by atoms with E-state index in [9.17, 15) is 10.2 Å². The zero-order chi connectivity index (χ0) is 43.9. The van der Waals surface area contributed by atoms with Crippen molar-refractivity contribution in [1.29, 1.82) is 0 Å². The van der Waals surface area contributed by atoms with Gasteiger partial charge in [-0.25, -0.2) is 0 Å². The molecule has 2 aliphatic rings. The molecule has 0 unspecified atom stereocenters. The summed E-state index contributed by atoms with van der Waals surface area (Å²) in [5.41, 5.74) is 6.57. The van der Waals surface area contributed by atoms with Crippen LogP contribution in [-0.4, -0.2) is 22.2 Å². The van der Waals surface area contributed by atoms with Gasteiger partial charge in [0.1, 0.15) is 11.5 Å². The van der Waals surface area contributed by atoms with Gasteiger partial charge in [-0.2, -0.15) is 0 Å². The van der Waals surface area contributed by atoms with Crippen molar-refractivity contribution in [1.82, 2.24) is 4.90 Å². The number of halogens is 4. The van der Waals surface area contributed by atoms with Crippen molar-refractivity contribution in [3.63, 3.8) is 0 Å². The first-order chi connectivity index (χ1) is 25.9. The Morgan fingerprint density at radius 3 is 0.690 bits per heavy atom. The van der Waals surface area contributed by atoms with Crippen molar-refractivity contribution in [3.8, 4) is 11.5 Å². The molecule has 0 radical (unpaired) electrons. The van der Waals surface area contributed by atoms with Gasteiger partial charge in [-0.1, -0.05) is 149 Å². The molecule has 0 saturated heterocycles.